The second-order valence-electron chi connectivity index (χ2n) is 5.11. The lowest BCUT2D eigenvalue weighted by Crippen LogP contribution is -2.49. The van der Waals surface area contributed by atoms with Crippen molar-refractivity contribution in [2.45, 2.75) is 6.92 Å². The topological polar surface area (TPSA) is 71.7 Å². The average Bonchev–Trinajstić information content (AvgIpc) is 3.00. The summed E-state index contributed by atoms with van der Waals surface area (Å²) in [7, 11) is 1.58. The molecule has 2 aromatic heterocycles. The highest BCUT2D eigenvalue weighted by molar-refractivity contribution is 5.93. The Morgan fingerprint density at radius 2 is 2.05 bits per heavy atom. The highest BCUT2D eigenvalue weighted by Crippen LogP contribution is 2.17. The lowest BCUT2D eigenvalue weighted by atomic mass is 10.2. The van der Waals surface area contributed by atoms with Crippen molar-refractivity contribution in [1.29, 1.82) is 0 Å². The Bertz CT molecular complexity index is 662. The van der Waals surface area contributed by atoms with Crippen LogP contribution >= 0.6 is 0 Å². The Kier molecular flexibility index (Phi) is 3.95. The Hall–Kier alpha value is -2.57. The van der Waals surface area contributed by atoms with E-state index in [4.69, 9.17) is 9.15 Å². The van der Waals surface area contributed by atoms with E-state index in [2.05, 4.69) is 9.97 Å². The molecule has 0 aromatic carbocycles. The first kappa shape index (κ1) is 14.4. The standard InChI is InChI=1S/C15H18N4O3/c1-11-4-10-22-13(11)14(20)18-6-8-19(9-7-18)15-16-5-3-12(17-15)21-2/h3-5,10H,6-9H2,1-2H3. The zero-order chi connectivity index (χ0) is 15.5. The molecule has 7 heteroatoms. The molecule has 22 heavy (non-hydrogen) atoms. The van der Waals surface area contributed by atoms with Crippen LogP contribution in [-0.2, 0) is 0 Å². The summed E-state index contributed by atoms with van der Waals surface area (Å²) in [5.74, 6) is 1.52. The highest BCUT2D eigenvalue weighted by atomic mass is 16.5. The summed E-state index contributed by atoms with van der Waals surface area (Å²) in [4.78, 5) is 24.8. The number of carbonyl (C=O) groups excluding carboxylic acids is 1. The second-order valence-corrected chi connectivity index (χ2v) is 5.11. The Morgan fingerprint density at radius 3 is 2.68 bits per heavy atom. The zero-order valence-corrected chi connectivity index (χ0v) is 12.7. The van der Waals surface area contributed by atoms with Crippen molar-refractivity contribution in [3.05, 3.63) is 35.9 Å². The normalized spacial score (nSPS) is 15.0. The van der Waals surface area contributed by atoms with E-state index in [0.29, 0.717) is 43.8 Å². The van der Waals surface area contributed by atoms with E-state index in [0.717, 1.165) is 5.56 Å². The van der Waals surface area contributed by atoms with Gasteiger partial charge in [0.15, 0.2) is 5.76 Å². The van der Waals surface area contributed by atoms with E-state index in [-0.39, 0.29) is 5.91 Å². The number of ether oxygens (including phenoxy) is 1. The highest BCUT2D eigenvalue weighted by Gasteiger charge is 2.26. The van der Waals surface area contributed by atoms with Crippen molar-refractivity contribution >= 4 is 11.9 Å². The average molecular weight is 302 g/mol. The summed E-state index contributed by atoms with van der Waals surface area (Å²) in [5, 5.41) is 0. The van der Waals surface area contributed by atoms with Gasteiger partial charge >= 0.3 is 0 Å². The van der Waals surface area contributed by atoms with Gasteiger partial charge in [0.25, 0.3) is 5.91 Å². The number of aromatic nitrogens is 2. The predicted molar refractivity (Wildman–Crippen MR) is 80.1 cm³/mol. The molecule has 1 aliphatic rings. The molecule has 0 radical (unpaired) electrons. The van der Waals surface area contributed by atoms with E-state index in [1.165, 1.54) is 0 Å². The molecule has 1 saturated heterocycles. The van der Waals surface area contributed by atoms with Crippen molar-refractivity contribution in [2.24, 2.45) is 0 Å². The molecule has 116 valence electrons. The van der Waals surface area contributed by atoms with Gasteiger partial charge in [0.2, 0.25) is 11.8 Å². The van der Waals surface area contributed by atoms with Crippen molar-refractivity contribution in [1.82, 2.24) is 14.9 Å². The van der Waals surface area contributed by atoms with Gasteiger partial charge in [0.1, 0.15) is 0 Å². The van der Waals surface area contributed by atoms with Crippen LogP contribution in [0, 0.1) is 6.92 Å². The minimum atomic E-state index is -0.0614. The van der Waals surface area contributed by atoms with Gasteiger partial charge in [-0.1, -0.05) is 0 Å². The SMILES string of the molecule is COc1ccnc(N2CCN(C(=O)c3occc3C)CC2)n1. The molecule has 2 aromatic rings. The molecule has 3 rings (SSSR count). The first-order valence-corrected chi connectivity index (χ1v) is 7.14. The maximum atomic E-state index is 12.4. The fraction of sp³-hybridized carbons (Fsp3) is 0.400. The molecule has 3 heterocycles. The van der Waals surface area contributed by atoms with Gasteiger partial charge in [-0.2, -0.15) is 4.98 Å². The van der Waals surface area contributed by atoms with Gasteiger partial charge < -0.3 is 19.0 Å². The summed E-state index contributed by atoms with van der Waals surface area (Å²) in [6.45, 7) is 4.45. The molecule has 1 aliphatic heterocycles. The molecular formula is C15H18N4O3. The van der Waals surface area contributed by atoms with Crippen LogP contribution in [0.1, 0.15) is 16.1 Å². The maximum Gasteiger partial charge on any atom is 0.289 e. The number of carbonyl (C=O) groups is 1. The van der Waals surface area contributed by atoms with Gasteiger partial charge in [0.05, 0.1) is 13.4 Å². The van der Waals surface area contributed by atoms with E-state index >= 15 is 0 Å². The molecule has 0 unspecified atom stereocenters. The second kappa shape index (κ2) is 6.05. The van der Waals surface area contributed by atoms with Gasteiger partial charge in [-0.15, -0.1) is 0 Å². The van der Waals surface area contributed by atoms with E-state index in [1.54, 1.807) is 36.6 Å². The molecule has 0 aliphatic carbocycles. The molecule has 1 fully saturated rings. The predicted octanol–water partition coefficient (Wildman–Crippen LogP) is 1.35. The number of nitrogens with zero attached hydrogens (tertiary/aromatic N) is 4. The molecule has 0 saturated carbocycles. The van der Waals surface area contributed by atoms with Crippen LogP contribution in [0.15, 0.2) is 29.0 Å². The third kappa shape index (κ3) is 2.74. The minimum absolute atomic E-state index is 0.0614. The Balaban J connectivity index is 1.65. The summed E-state index contributed by atoms with van der Waals surface area (Å²) in [5.41, 5.74) is 0.864. The molecule has 0 spiro atoms. The minimum Gasteiger partial charge on any atom is -0.481 e. The number of amides is 1. The van der Waals surface area contributed by atoms with E-state index in [9.17, 15) is 4.79 Å². The van der Waals surface area contributed by atoms with Gasteiger partial charge in [-0.25, -0.2) is 4.98 Å². The van der Waals surface area contributed by atoms with Crippen molar-refractivity contribution in [3.8, 4) is 5.88 Å². The molecule has 7 nitrogen and oxygen atoms in total. The fourth-order valence-corrected chi connectivity index (χ4v) is 2.44. The molecule has 1 amide bonds. The van der Waals surface area contributed by atoms with Crippen molar-refractivity contribution < 1.29 is 13.9 Å². The molecular weight excluding hydrogens is 284 g/mol. The van der Waals surface area contributed by atoms with Gasteiger partial charge in [-0.05, 0) is 13.0 Å². The third-order valence-electron chi connectivity index (χ3n) is 3.73. The smallest absolute Gasteiger partial charge is 0.289 e. The van der Waals surface area contributed by atoms with Crippen LogP contribution in [0.2, 0.25) is 0 Å². The van der Waals surface area contributed by atoms with Gasteiger partial charge in [-0.3, -0.25) is 4.79 Å². The molecule has 0 bridgehead atoms. The number of hydrogen-bond donors (Lipinski definition) is 0. The zero-order valence-electron chi connectivity index (χ0n) is 12.7. The number of aryl methyl sites for hydroxylation is 1. The van der Waals surface area contributed by atoms with Crippen LogP contribution in [0.3, 0.4) is 0 Å². The number of methoxy groups -OCH3 is 1. The number of piperazine rings is 1. The first-order chi connectivity index (χ1) is 10.7. The first-order valence-electron chi connectivity index (χ1n) is 7.14. The summed E-state index contributed by atoms with van der Waals surface area (Å²) in [6.07, 6.45) is 3.22. The maximum absolute atomic E-state index is 12.4. The summed E-state index contributed by atoms with van der Waals surface area (Å²) >= 11 is 0. The Morgan fingerprint density at radius 1 is 1.27 bits per heavy atom. The van der Waals surface area contributed by atoms with E-state index in [1.807, 2.05) is 11.8 Å². The van der Waals surface area contributed by atoms with Crippen LogP contribution < -0.4 is 9.64 Å². The number of rotatable bonds is 3. The van der Waals surface area contributed by atoms with Crippen LogP contribution in [0.4, 0.5) is 5.95 Å². The number of anilines is 1. The number of furan rings is 1. The Labute approximate surface area is 128 Å². The molecule has 0 atom stereocenters. The largest absolute Gasteiger partial charge is 0.481 e. The third-order valence-corrected chi connectivity index (χ3v) is 3.73. The fourth-order valence-electron chi connectivity index (χ4n) is 2.44. The van der Waals surface area contributed by atoms with Crippen molar-refractivity contribution in [2.75, 3.05) is 38.2 Å². The summed E-state index contributed by atoms with van der Waals surface area (Å²) in [6, 6.07) is 3.51. The monoisotopic (exact) mass is 302 g/mol. The van der Waals surface area contributed by atoms with E-state index < -0.39 is 0 Å². The summed E-state index contributed by atoms with van der Waals surface area (Å²) < 4.78 is 10.4. The lowest BCUT2D eigenvalue weighted by molar-refractivity contribution is 0.0713. The van der Waals surface area contributed by atoms with Crippen LogP contribution in [0.25, 0.3) is 0 Å². The quantitative estimate of drug-likeness (QED) is 0.852. The van der Waals surface area contributed by atoms with Crippen molar-refractivity contribution in [3.63, 3.8) is 0 Å². The lowest BCUT2D eigenvalue weighted by Gasteiger charge is -2.34. The van der Waals surface area contributed by atoms with Gasteiger partial charge in [0, 0.05) is 44.0 Å². The van der Waals surface area contributed by atoms with Crippen LogP contribution in [0.5, 0.6) is 5.88 Å². The molecule has 0 N–H and O–H groups in total. The van der Waals surface area contributed by atoms with Crippen LogP contribution in [-0.4, -0.2) is 54.1 Å². The number of hydrogen-bond acceptors (Lipinski definition) is 6.